The van der Waals surface area contributed by atoms with Crippen molar-refractivity contribution in [3.8, 4) is 0 Å². The summed E-state index contributed by atoms with van der Waals surface area (Å²) in [7, 11) is 0. The van der Waals surface area contributed by atoms with E-state index in [9.17, 15) is 33.6 Å². The molecule has 4 atom stereocenters. The zero-order chi connectivity index (χ0) is 37.0. The van der Waals surface area contributed by atoms with Gasteiger partial charge in [-0.25, -0.2) is 4.79 Å². The van der Waals surface area contributed by atoms with Gasteiger partial charge in [0.2, 0.25) is 29.4 Å². The van der Waals surface area contributed by atoms with Gasteiger partial charge >= 0.3 is 6.09 Å². The lowest BCUT2D eigenvalue weighted by Crippen LogP contribution is -2.58. The number of nitrogens with two attached hydrogens (primary N) is 1. The number of hydrogen-bond acceptors (Lipinski definition) is 8. The molecular weight excluding hydrogens is 644 g/mol. The van der Waals surface area contributed by atoms with Crippen LogP contribution in [0.3, 0.4) is 0 Å². The average Bonchev–Trinajstić information content (AvgIpc) is 3.42. The molecule has 1 saturated heterocycles. The van der Waals surface area contributed by atoms with E-state index in [4.69, 9.17) is 10.5 Å². The van der Waals surface area contributed by atoms with Gasteiger partial charge in [-0.2, -0.15) is 0 Å². The van der Waals surface area contributed by atoms with Gasteiger partial charge in [-0.1, -0.05) is 90.6 Å². The van der Waals surface area contributed by atoms with Crippen LogP contribution in [0.4, 0.5) is 4.79 Å². The summed E-state index contributed by atoms with van der Waals surface area (Å²) in [4.78, 5) is 93.0. The second-order valence-corrected chi connectivity index (χ2v) is 14.6. The van der Waals surface area contributed by atoms with Crippen LogP contribution in [-0.2, 0) is 33.5 Å². The first-order valence-electron chi connectivity index (χ1n) is 17.6. The van der Waals surface area contributed by atoms with Crippen LogP contribution < -0.4 is 27.0 Å². The quantitative estimate of drug-likeness (QED) is 0.162. The third kappa shape index (κ3) is 11.5. The summed E-state index contributed by atoms with van der Waals surface area (Å²) < 4.78 is 5.34. The van der Waals surface area contributed by atoms with Crippen molar-refractivity contribution >= 4 is 41.4 Å². The number of nitrogens with one attached hydrogen (secondary N) is 4. The van der Waals surface area contributed by atoms with E-state index in [1.54, 1.807) is 37.3 Å². The topological polar surface area (TPSA) is 206 Å². The highest BCUT2D eigenvalue weighted by Gasteiger charge is 2.47. The molecule has 1 unspecified atom stereocenters. The maximum absolute atomic E-state index is 14.2. The molecule has 0 aromatic heterocycles. The van der Waals surface area contributed by atoms with E-state index in [1.165, 1.54) is 4.90 Å². The number of alkyl carbamates (subject to hydrolysis) is 1. The minimum atomic E-state index is -1.21. The summed E-state index contributed by atoms with van der Waals surface area (Å²) in [5, 5.41) is 10.2. The van der Waals surface area contributed by atoms with Gasteiger partial charge < -0.3 is 36.6 Å². The monoisotopic (exact) mass is 698 g/mol. The lowest BCUT2D eigenvalue weighted by molar-refractivity contribution is -0.143. The highest BCUT2D eigenvalue weighted by molar-refractivity contribution is 6.38. The summed E-state index contributed by atoms with van der Waals surface area (Å²) in [6.07, 6.45) is 4.62. The number of likely N-dealkylation sites (tertiary alicyclic amines) is 1. The molecule has 1 aromatic carbocycles. The summed E-state index contributed by atoms with van der Waals surface area (Å²) in [5.41, 5.74) is 5.47. The van der Waals surface area contributed by atoms with Gasteiger partial charge in [0.15, 0.2) is 0 Å². The van der Waals surface area contributed by atoms with Crippen LogP contribution in [0.15, 0.2) is 30.3 Å². The van der Waals surface area contributed by atoms with Gasteiger partial charge in [0.1, 0.15) is 18.1 Å². The fraction of sp³-hybridized carbons (Fsp3) is 0.639. The molecule has 1 aliphatic carbocycles. The minimum absolute atomic E-state index is 0.114. The fourth-order valence-electron chi connectivity index (χ4n) is 6.58. The summed E-state index contributed by atoms with van der Waals surface area (Å²) in [6.45, 7) is 9.34. The molecule has 0 radical (unpaired) electrons. The Morgan fingerprint density at radius 2 is 1.62 bits per heavy atom. The molecule has 14 heteroatoms. The van der Waals surface area contributed by atoms with Crippen molar-refractivity contribution in [2.75, 3.05) is 19.7 Å². The molecule has 1 saturated carbocycles. The predicted octanol–water partition coefficient (Wildman–Crippen LogP) is 2.26. The number of amides is 6. The van der Waals surface area contributed by atoms with E-state index in [1.807, 2.05) is 27.7 Å². The van der Waals surface area contributed by atoms with Crippen molar-refractivity contribution in [1.29, 1.82) is 0 Å². The normalized spacial score (nSPS) is 19.1. The van der Waals surface area contributed by atoms with E-state index >= 15 is 0 Å². The standard InChI is InChI=1S/C36H54N6O8/c1-6-13-25(30(44)33(47)38-19-27(43)40-28(31(37)45)23-14-9-7-10-15-23)39-32(46)26-18-36(4,5)21-42(26)34(48)29(24-16-11-8-12-17-24)41-35(49)50-20-22(2)3/h7,9-10,14-15,22,24-26,28-29H,6,8,11-13,16-21H2,1-5H3,(H2,37,45)(H,38,47)(H,39,46)(H,40,43)(H,41,49)/t25?,26-,28-,29-/m0/s1. The Morgan fingerprint density at radius 1 is 0.960 bits per heavy atom. The average molecular weight is 699 g/mol. The smallest absolute Gasteiger partial charge is 0.407 e. The van der Waals surface area contributed by atoms with Crippen LogP contribution >= 0.6 is 0 Å². The maximum Gasteiger partial charge on any atom is 0.407 e. The molecule has 50 heavy (non-hydrogen) atoms. The van der Waals surface area contributed by atoms with Gasteiger partial charge in [0.25, 0.3) is 5.91 Å². The molecule has 2 fully saturated rings. The van der Waals surface area contributed by atoms with Crippen molar-refractivity contribution in [3.63, 3.8) is 0 Å². The molecule has 1 aromatic rings. The van der Waals surface area contributed by atoms with E-state index < -0.39 is 71.6 Å². The zero-order valence-electron chi connectivity index (χ0n) is 29.9. The Hall–Kier alpha value is -4.49. The van der Waals surface area contributed by atoms with Crippen LogP contribution in [0.2, 0.25) is 0 Å². The Morgan fingerprint density at radius 3 is 2.22 bits per heavy atom. The first-order chi connectivity index (χ1) is 23.6. The largest absolute Gasteiger partial charge is 0.449 e. The number of benzene rings is 1. The third-order valence-electron chi connectivity index (χ3n) is 9.08. The number of hydrogen-bond donors (Lipinski definition) is 5. The first-order valence-corrected chi connectivity index (χ1v) is 17.6. The van der Waals surface area contributed by atoms with E-state index in [2.05, 4.69) is 21.3 Å². The van der Waals surface area contributed by atoms with E-state index in [0.717, 1.165) is 32.1 Å². The highest BCUT2D eigenvalue weighted by Crippen LogP contribution is 2.36. The van der Waals surface area contributed by atoms with Gasteiger partial charge in [-0.05, 0) is 48.5 Å². The number of ether oxygens (including phenoxy) is 1. The molecule has 6 N–H and O–H groups in total. The molecule has 276 valence electrons. The van der Waals surface area contributed by atoms with Crippen LogP contribution in [0, 0.1) is 17.3 Å². The molecule has 3 rings (SSSR count). The molecular formula is C36H54N6O8. The fourth-order valence-corrected chi connectivity index (χ4v) is 6.58. The number of rotatable bonds is 16. The molecule has 2 aliphatic rings. The lowest BCUT2D eigenvalue weighted by Gasteiger charge is -2.35. The van der Waals surface area contributed by atoms with Gasteiger partial charge in [0.05, 0.1) is 19.2 Å². The van der Waals surface area contributed by atoms with Gasteiger partial charge in [-0.15, -0.1) is 0 Å². The number of primary amides is 1. The molecule has 6 amide bonds. The van der Waals surface area contributed by atoms with Crippen LogP contribution in [-0.4, -0.2) is 84.1 Å². The second-order valence-electron chi connectivity index (χ2n) is 14.6. The molecule has 14 nitrogen and oxygen atoms in total. The van der Waals surface area contributed by atoms with Crippen molar-refractivity contribution in [3.05, 3.63) is 35.9 Å². The van der Waals surface area contributed by atoms with Crippen molar-refractivity contribution in [1.82, 2.24) is 26.2 Å². The maximum atomic E-state index is 14.2. The zero-order valence-corrected chi connectivity index (χ0v) is 29.9. The van der Waals surface area contributed by atoms with Gasteiger partial charge in [-0.3, -0.25) is 28.8 Å². The Labute approximate surface area is 294 Å². The number of nitrogens with zero attached hydrogens (tertiary/aromatic N) is 1. The number of carbonyl (C=O) groups is 7. The molecule has 1 aliphatic heterocycles. The van der Waals surface area contributed by atoms with E-state index in [0.29, 0.717) is 18.4 Å². The molecule has 0 bridgehead atoms. The number of carbonyl (C=O) groups excluding carboxylic acids is 7. The SMILES string of the molecule is CCCC(NC(=O)[C@@H]1CC(C)(C)CN1C(=O)[C@@H](NC(=O)OCC(C)C)C1CCCCC1)C(=O)C(=O)NCC(=O)N[C@H](C(N)=O)c1ccccc1. The minimum Gasteiger partial charge on any atom is -0.449 e. The highest BCUT2D eigenvalue weighted by atomic mass is 16.5. The number of Topliss-reactive ketones (excluding diaryl/α,β-unsaturated/α-hetero) is 1. The van der Waals surface area contributed by atoms with Crippen molar-refractivity contribution in [2.45, 2.75) is 110 Å². The summed E-state index contributed by atoms with van der Waals surface area (Å²) in [6, 6.07) is 4.16. The van der Waals surface area contributed by atoms with Crippen molar-refractivity contribution < 1.29 is 38.3 Å². The van der Waals surface area contributed by atoms with Crippen LogP contribution in [0.5, 0.6) is 0 Å². The lowest BCUT2D eigenvalue weighted by atomic mass is 9.83. The Bertz CT molecular complexity index is 1380. The second kappa shape index (κ2) is 18.5. The third-order valence-corrected chi connectivity index (χ3v) is 9.08. The Kier molecular flexibility index (Phi) is 14.8. The van der Waals surface area contributed by atoms with Crippen LogP contribution in [0.25, 0.3) is 0 Å². The molecule has 1 heterocycles. The summed E-state index contributed by atoms with van der Waals surface area (Å²) in [5.74, 6) is -4.55. The van der Waals surface area contributed by atoms with Crippen molar-refractivity contribution in [2.24, 2.45) is 23.0 Å². The number of ketones is 1. The summed E-state index contributed by atoms with van der Waals surface area (Å²) >= 11 is 0. The van der Waals surface area contributed by atoms with Crippen LogP contribution in [0.1, 0.15) is 97.6 Å². The Balaban J connectivity index is 1.70. The first kappa shape index (κ1) is 39.9. The van der Waals surface area contributed by atoms with Gasteiger partial charge in [0, 0.05) is 6.54 Å². The van der Waals surface area contributed by atoms with E-state index in [-0.39, 0.29) is 37.3 Å². The molecule has 0 spiro atoms. The predicted molar refractivity (Wildman–Crippen MR) is 185 cm³/mol.